The number of hydrogen-bond acceptors (Lipinski definition) is 5. The Morgan fingerprint density at radius 2 is 2.20 bits per heavy atom. The van der Waals surface area contributed by atoms with Gasteiger partial charge in [-0.05, 0) is 24.5 Å². The topological polar surface area (TPSA) is 103 Å². The van der Waals surface area contributed by atoms with E-state index in [1.54, 1.807) is 0 Å². The first-order valence-corrected chi connectivity index (χ1v) is 8.01. The van der Waals surface area contributed by atoms with E-state index in [1.165, 1.54) is 21.8 Å². The van der Waals surface area contributed by atoms with E-state index in [2.05, 4.69) is 16.1 Å². The van der Waals surface area contributed by atoms with Gasteiger partial charge in [-0.1, -0.05) is 18.2 Å². The van der Waals surface area contributed by atoms with Gasteiger partial charge in [-0.25, -0.2) is 0 Å². The number of nitro groups is 1. The van der Waals surface area contributed by atoms with Crippen molar-refractivity contribution in [2.75, 3.05) is 6.61 Å². The molecule has 1 N–H and O–H groups in total. The normalized spacial score (nSPS) is 10.9. The number of carbonyl (C=O) groups is 1. The van der Waals surface area contributed by atoms with Crippen LogP contribution < -0.4 is 0 Å². The number of esters is 1. The third-order valence-electron chi connectivity index (χ3n) is 3.90. The van der Waals surface area contributed by atoms with Crippen molar-refractivity contribution >= 4 is 22.6 Å². The third-order valence-corrected chi connectivity index (χ3v) is 3.90. The second kappa shape index (κ2) is 7.61. The molecule has 0 saturated carbocycles. The highest BCUT2D eigenvalue weighted by Crippen LogP contribution is 2.18. The van der Waals surface area contributed by atoms with E-state index in [0.29, 0.717) is 6.61 Å². The lowest BCUT2D eigenvalue weighted by atomic mass is 10.1. The maximum Gasteiger partial charge on any atom is 0.307 e. The number of fused-ring (bicyclic) bond motifs is 1. The Kier molecular flexibility index (Phi) is 5.08. The minimum atomic E-state index is -0.521. The summed E-state index contributed by atoms with van der Waals surface area (Å²) < 4.78 is 6.57. The lowest BCUT2D eigenvalue weighted by molar-refractivity contribution is -0.385. The van der Waals surface area contributed by atoms with Crippen molar-refractivity contribution in [3.63, 3.8) is 0 Å². The number of ether oxygens (including phenoxy) is 1. The molecule has 2 heterocycles. The summed E-state index contributed by atoms with van der Waals surface area (Å²) in [6, 6.07) is 8.08. The second-order valence-electron chi connectivity index (χ2n) is 5.65. The van der Waals surface area contributed by atoms with Gasteiger partial charge in [0.2, 0.25) is 0 Å². The Labute approximate surface area is 143 Å². The predicted octanol–water partition coefficient (Wildman–Crippen LogP) is 2.84. The molecule has 0 bridgehead atoms. The lowest BCUT2D eigenvalue weighted by Gasteiger charge is -2.05. The molecule has 8 heteroatoms. The van der Waals surface area contributed by atoms with Gasteiger partial charge >= 0.3 is 11.7 Å². The number of H-pyrrole nitrogens is 1. The number of aryl methyl sites for hydroxylation is 2. The average Bonchev–Trinajstić information content (AvgIpc) is 3.24. The van der Waals surface area contributed by atoms with Crippen molar-refractivity contribution in [1.29, 1.82) is 0 Å². The molecule has 3 rings (SSSR count). The molecule has 0 aliphatic carbocycles. The molecule has 8 nitrogen and oxygen atoms in total. The number of carbonyl (C=O) groups excluding carboxylic acids is 1. The molecule has 0 saturated heterocycles. The van der Waals surface area contributed by atoms with Crippen LogP contribution in [-0.4, -0.2) is 32.3 Å². The van der Waals surface area contributed by atoms with Crippen LogP contribution in [0.5, 0.6) is 0 Å². The van der Waals surface area contributed by atoms with Gasteiger partial charge in [-0.2, -0.15) is 5.10 Å². The van der Waals surface area contributed by atoms with Crippen LogP contribution in [0.4, 0.5) is 5.69 Å². The zero-order chi connectivity index (χ0) is 17.6. The van der Waals surface area contributed by atoms with Crippen LogP contribution in [0.1, 0.15) is 18.4 Å². The largest absolute Gasteiger partial charge is 0.466 e. The number of nitrogens with zero attached hydrogens (tertiary/aromatic N) is 3. The highest BCUT2D eigenvalue weighted by molar-refractivity contribution is 5.83. The predicted molar refractivity (Wildman–Crippen MR) is 91.1 cm³/mol. The Hall–Kier alpha value is -3.16. The smallest absolute Gasteiger partial charge is 0.307 e. The summed E-state index contributed by atoms with van der Waals surface area (Å²) in [5, 5.41) is 15.6. The molecule has 25 heavy (non-hydrogen) atoms. The SMILES string of the molecule is O=C(CCn1cc([N+](=O)[O-])cn1)OCCCc1c[nH]c2ccccc12. The highest BCUT2D eigenvalue weighted by atomic mass is 16.6. The average molecular weight is 342 g/mol. The van der Waals surface area contributed by atoms with Gasteiger partial charge in [-0.15, -0.1) is 0 Å². The van der Waals surface area contributed by atoms with Crippen LogP contribution in [0.15, 0.2) is 42.9 Å². The van der Waals surface area contributed by atoms with Crippen molar-refractivity contribution < 1.29 is 14.5 Å². The Morgan fingerprint density at radius 1 is 1.36 bits per heavy atom. The fourth-order valence-electron chi connectivity index (χ4n) is 2.63. The van der Waals surface area contributed by atoms with E-state index in [1.807, 2.05) is 24.4 Å². The highest BCUT2D eigenvalue weighted by Gasteiger charge is 2.10. The summed E-state index contributed by atoms with van der Waals surface area (Å²) in [5.74, 6) is -0.336. The second-order valence-corrected chi connectivity index (χ2v) is 5.65. The molecule has 0 atom stereocenters. The minimum absolute atomic E-state index is 0.0907. The molecular weight excluding hydrogens is 324 g/mol. The molecule has 3 aromatic rings. The first-order valence-electron chi connectivity index (χ1n) is 8.01. The quantitative estimate of drug-likeness (QED) is 0.293. The van der Waals surface area contributed by atoms with Gasteiger partial charge in [0.25, 0.3) is 0 Å². The van der Waals surface area contributed by atoms with Gasteiger partial charge in [0.05, 0.1) is 24.5 Å². The summed E-state index contributed by atoms with van der Waals surface area (Å²) in [6.07, 6.45) is 6.13. The number of hydrogen-bond donors (Lipinski definition) is 1. The molecule has 0 aliphatic heterocycles. The molecule has 130 valence electrons. The van der Waals surface area contributed by atoms with Crippen molar-refractivity contribution in [2.45, 2.75) is 25.8 Å². The molecule has 0 fully saturated rings. The Balaban J connectivity index is 1.38. The number of rotatable bonds is 8. The molecular formula is C17H18N4O4. The summed E-state index contributed by atoms with van der Waals surface area (Å²) >= 11 is 0. The van der Waals surface area contributed by atoms with E-state index in [9.17, 15) is 14.9 Å². The van der Waals surface area contributed by atoms with E-state index < -0.39 is 4.92 Å². The van der Waals surface area contributed by atoms with Crippen molar-refractivity contribution in [2.24, 2.45) is 0 Å². The fraction of sp³-hybridized carbons (Fsp3) is 0.294. The molecule has 0 aliphatic rings. The molecule has 0 amide bonds. The lowest BCUT2D eigenvalue weighted by Crippen LogP contribution is -2.10. The number of aromatic amines is 1. The molecule has 0 unspecified atom stereocenters. The summed E-state index contributed by atoms with van der Waals surface area (Å²) in [5.41, 5.74) is 2.21. The minimum Gasteiger partial charge on any atom is -0.466 e. The first kappa shape index (κ1) is 16.7. The van der Waals surface area contributed by atoms with Crippen LogP contribution in [0.3, 0.4) is 0 Å². The fourth-order valence-corrected chi connectivity index (χ4v) is 2.63. The third kappa shape index (κ3) is 4.23. The summed E-state index contributed by atoms with van der Waals surface area (Å²) in [4.78, 5) is 25.0. The zero-order valence-corrected chi connectivity index (χ0v) is 13.6. The Bertz CT molecular complexity index is 884. The zero-order valence-electron chi connectivity index (χ0n) is 13.6. The summed E-state index contributed by atoms with van der Waals surface area (Å²) in [6.45, 7) is 0.604. The van der Waals surface area contributed by atoms with Crippen molar-refractivity contribution in [1.82, 2.24) is 14.8 Å². The standard InChI is InChI=1S/C17H18N4O4/c22-17(7-8-20-12-14(11-19-20)21(23)24)25-9-3-4-13-10-18-16-6-2-1-5-15(13)16/h1-2,5-6,10-12,18H,3-4,7-9H2. The van der Waals surface area contributed by atoms with Crippen LogP contribution >= 0.6 is 0 Å². The van der Waals surface area contributed by atoms with Crippen LogP contribution in [-0.2, 0) is 22.5 Å². The monoisotopic (exact) mass is 342 g/mol. The van der Waals surface area contributed by atoms with Crippen LogP contribution in [0.2, 0.25) is 0 Å². The van der Waals surface area contributed by atoms with Gasteiger partial charge in [0.15, 0.2) is 0 Å². The number of benzene rings is 1. The van der Waals surface area contributed by atoms with Crippen molar-refractivity contribution in [3.05, 3.63) is 58.5 Å². The van der Waals surface area contributed by atoms with Crippen LogP contribution in [0.25, 0.3) is 10.9 Å². The van der Waals surface area contributed by atoms with Crippen LogP contribution in [0, 0.1) is 10.1 Å². The van der Waals surface area contributed by atoms with Gasteiger partial charge in [0.1, 0.15) is 12.4 Å². The number of aromatic nitrogens is 3. The van der Waals surface area contributed by atoms with E-state index >= 15 is 0 Å². The van der Waals surface area contributed by atoms with Gasteiger partial charge in [-0.3, -0.25) is 19.6 Å². The Morgan fingerprint density at radius 3 is 3.00 bits per heavy atom. The molecule has 2 aromatic heterocycles. The molecule has 1 aromatic carbocycles. The molecule has 0 radical (unpaired) electrons. The molecule has 0 spiro atoms. The van der Waals surface area contributed by atoms with Gasteiger partial charge in [0, 0.05) is 17.1 Å². The van der Waals surface area contributed by atoms with Crippen molar-refractivity contribution in [3.8, 4) is 0 Å². The summed E-state index contributed by atoms with van der Waals surface area (Å²) in [7, 11) is 0. The van der Waals surface area contributed by atoms with E-state index in [0.717, 1.165) is 24.6 Å². The maximum absolute atomic E-state index is 11.7. The van der Waals surface area contributed by atoms with E-state index in [-0.39, 0.29) is 24.6 Å². The van der Waals surface area contributed by atoms with E-state index in [4.69, 9.17) is 4.74 Å². The number of para-hydroxylation sites is 1. The first-order chi connectivity index (χ1) is 12.1. The number of nitrogens with one attached hydrogen (secondary N) is 1. The maximum atomic E-state index is 11.7. The van der Waals surface area contributed by atoms with Gasteiger partial charge < -0.3 is 9.72 Å².